The van der Waals surface area contributed by atoms with Crippen LogP contribution in [0.5, 0.6) is 0 Å². The minimum Gasteiger partial charge on any atom is -0.341 e. The molecule has 0 aromatic carbocycles. The second-order valence-corrected chi connectivity index (χ2v) is 4.92. The van der Waals surface area contributed by atoms with Crippen molar-refractivity contribution in [1.82, 2.24) is 9.97 Å². The number of anilines is 1. The molecule has 0 saturated carbocycles. The molecule has 1 fully saturated rings. The number of hydrogen-bond donors (Lipinski definition) is 0. The molecule has 0 bridgehead atoms. The van der Waals surface area contributed by atoms with Crippen molar-refractivity contribution >= 4 is 17.5 Å². The molecule has 2 rings (SSSR count). The Hall–Kier alpha value is -0.830. The fraction of sp³-hybridized carbons (Fsp3) is 0.667. The maximum absolute atomic E-state index is 6.01. The van der Waals surface area contributed by atoms with Crippen LogP contribution in [-0.4, -0.2) is 23.1 Å². The first-order chi connectivity index (χ1) is 7.69. The molecule has 0 spiro atoms. The molecule has 0 aliphatic carbocycles. The summed E-state index contributed by atoms with van der Waals surface area (Å²) in [5, 5.41) is 0.556. The van der Waals surface area contributed by atoms with E-state index in [9.17, 15) is 0 Å². The zero-order valence-electron chi connectivity index (χ0n) is 9.91. The van der Waals surface area contributed by atoms with Crippen molar-refractivity contribution in [2.75, 3.05) is 18.0 Å². The van der Waals surface area contributed by atoms with Gasteiger partial charge in [0.25, 0.3) is 0 Å². The number of halogens is 1. The van der Waals surface area contributed by atoms with Crippen LogP contribution >= 0.6 is 11.6 Å². The highest BCUT2D eigenvalue weighted by atomic mass is 35.5. The molecule has 1 aliphatic heterocycles. The first kappa shape index (κ1) is 11.6. The standard InChI is InChI=1S/C12H18ClN3/c1-3-10-7-11(13)15-12(14-10)16-6-4-5-9(2)8-16/h7,9H,3-6,8H2,1-2H3/t9-/m0/s1. The Labute approximate surface area is 102 Å². The molecular formula is C12H18ClN3. The van der Waals surface area contributed by atoms with Gasteiger partial charge in [-0.25, -0.2) is 9.97 Å². The molecular weight excluding hydrogens is 222 g/mol. The highest BCUT2D eigenvalue weighted by molar-refractivity contribution is 6.29. The Kier molecular flexibility index (Phi) is 3.64. The SMILES string of the molecule is CCc1cc(Cl)nc(N2CCC[C@H](C)C2)n1. The van der Waals surface area contributed by atoms with Crippen molar-refractivity contribution in [1.29, 1.82) is 0 Å². The van der Waals surface area contributed by atoms with Gasteiger partial charge in [0.05, 0.1) is 0 Å². The van der Waals surface area contributed by atoms with Gasteiger partial charge in [-0.3, -0.25) is 0 Å². The number of aryl methyl sites for hydroxylation is 1. The highest BCUT2D eigenvalue weighted by Gasteiger charge is 2.19. The quantitative estimate of drug-likeness (QED) is 0.744. The predicted octanol–water partition coefficient (Wildman–Crippen LogP) is 2.93. The van der Waals surface area contributed by atoms with Crippen molar-refractivity contribution in [2.24, 2.45) is 5.92 Å². The number of nitrogens with zero attached hydrogens (tertiary/aromatic N) is 3. The van der Waals surface area contributed by atoms with E-state index in [0.29, 0.717) is 5.15 Å². The number of aromatic nitrogens is 2. The van der Waals surface area contributed by atoms with E-state index >= 15 is 0 Å². The van der Waals surface area contributed by atoms with Crippen LogP contribution < -0.4 is 4.90 Å². The lowest BCUT2D eigenvalue weighted by Crippen LogP contribution is -2.35. The van der Waals surface area contributed by atoms with Crippen LogP contribution in [0, 0.1) is 5.92 Å². The van der Waals surface area contributed by atoms with Gasteiger partial charge in [0.1, 0.15) is 5.15 Å². The van der Waals surface area contributed by atoms with Crippen LogP contribution in [0.25, 0.3) is 0 Å². The smallest absolute Gasteiger partial charge is 0.226 e. The first-order valence-corrected chi connectivity index (χ1v) is 6.35. The van der Waals surface area contributed by atoms with Crippen molar-refractivity contribution < 1.29 is 0 Å². The highest BCUT2D eigenvalue weighted by Crippen LogP contribution is 2.21. The number of hydrogen-bond acceptors (Lipinski definition) is 3. The fourth-order valence-corrected chi connectivity index (χ4v) is 2.35. The molecule has 88 valence electrons. The van der Waals surface area contributed by atoms with E-state index in [4.69, 9.17) is 11.6 Å². The molecule has 4 heteroatoms. The molecule has 3 nitrogen and oxygen atoms in total. The second-order valence-electron chi connectivity index (χ2n) is 4.53. The van der Waals surface area contributed by atoms with Crippen molar-refractivity contribution in [3.8, 4) is 0 Å². The van der Waals surface area contributed by atoms with E-state index in [1.54, 1.807) is 0 Å². The lowest BCUT2D eigenvalue weighted by Gasteiger charge is -2.31. The Morgan fingerprint density at radius 2 is 2.31 bits per heavy atom. The normalized spacial score (nSPS) is 21.2. The molecule has 0 amide bonds. The average Bonchev–Trinajstić information content (AvgIpc) is 2.28. The summed E-state index contributed by atoms with van der Waals surface area (Å²) in [6.07, 6.45) is 3.43. The summed E-state index contributed by atoms with van der Waals surface area (Å²) < 4.78 is 0. The van der Waals surface area contributed by atoms with E-state index in [1.807, 2.05) is 6.07 Å². The molecule has 0 radical (unpaired) electrons. The first-order valence-electron chi connectivity index (χ1n) is 5.97. The van der Waals surface area contributed by atoms with Gasteiger partial charge < -0.3 is 4.90 Å². The van der Waals surface area contributed by atoms with Crippen LogP contribution in [0.4, 0.5) is 5.95 Å². The van der Waals surface area contributed by atoms with Crippen LogP contribution in [0.1, 0.15) is 32.4 Å². The van der Waals surface area contributed by atoms with Gasteiger partial charge in [-0.1, -0.05) is 25.4 Å². The summed E-state index contributed by atoms with van der Waals surface area (Å²) in [4.78, 5) is 11.1. The van der Waals surface area contributed by atoms with Crippen LogP contribution in [0.15, 0.2) is 6.07 Å². The van der Waals surface area contributed by atoms with E-state index in [1.165, 1.54) is 12.8 Å². The maximum atomic E-state index is 6.01. The second kappa shape index (κ2) is 5.00. The van der Waals surface area contributed by atoms with Crippen molar-refractivity contribution in [3.63, 3.8) is 0 Å². The summed E-state index contributed by atoms with van der Waals surface area (Å²) in [6, 6.07) is 1.85. The summed E-state index contributed by atoms with van der Waals surface area (Å²) in [5.74, 6) is 1.53. The van der Waals surface area contributed by atoms with Crippen LogP contribution in [0.3, 0.4) is 0 Å². The van der Waals surface area contributed by atoms with E-state index < -0.39 is 0 Å². The summed E-state index contributed by atoms with van der Waals surface area (Å²) in [6.45, 7) is 6.45. The van der Waals surface area contributed by atoms with Gasteiger partial charge in [0.2, 0.25) is 5.95 Å². The van der Waals surface area contributed by atoms with Crippen LogP contribution in [0.2, 0.25) is 5.15 Å². The lowest BCUT2D eigenvalue weighted by molar-refractivity contribution is 0.441. The monoisotopic (exact) mass is 239 g/mol. The van der Waals surface area contributed by atoms with Crippen LogP contribution in [-0.2, 0) is 6.42 Å². The predicted molar refractivity (Wildman–Crippen MR) is 67.0 cm³/mol. The van der Waals surface area contributed by atoms with E-state index in [2.05, 4.69) is 28.7 Å². The maximum Gasteiger partial charge on any atom is 0.226 e. The zero-order chi connectivity index (χ0) is 11.5. The lowest BCUT2D eigenvalue weighted by atomic mass is 10.0. The van der Waals surface area contributed by atoms with Crippen molar-refractivity contribution in [2.45, 2.75) is 33.1 Å². The molecule has 1 saturated heterocycles. The Balaban J connectivity index is 2.21. The Morgan fingerprint density at radius 1 is 1.50 bits per heavy atom. The van der Waals surface area contributed by atoms with Crippen molar-refractivity contribution in [3.05, 3.63) is 16.9 Å². The Bertz CT molecular complexity index is 367. The topological polar surface area (TPSA) is 29.0 Å². The third kappa shape index (κ3) is 2.64. The minimum atomic E-state index is 0.556. The van der Waals surface area contributed by atoms with Gasteiger partial charge in [-0.15, -0.1) is 0 Å². The van der Waals surface area contributed by atoms with Gasteiger partial charge in [-0.05, 0) is 31.2 Å². The number of rotatable bonds is 2. The molecule has 2 heterocycles. The van der Waals surface area contributed by atoms with Gasteiger partial charge in [0, 0.05) is 18.8 Å². The molecule has 1 atom stereocenters. The molecule has 0 N–H and O–H groups in total. The largest absolute Gasteiger partial charge is 0.341 e. The molecule has 1 aromatic heterocycles. The van der Waals surface area contributed by atoms with E-state index in [-0.39, 0.29) is 0 Å². The van der Waals surface area contributed by atoms with Gasteiger partial charge in [-0.2, -0.15) is 0 Å². The average molecular weight is 240 g/mol. The summed E-state index contributed by atoms with van der Waals surface area (Å²) >= 11 is 6.01. The van der Waals surface area contributed by atoms with Gasteiger partial charge >= 0.3 is 0 Å². The Morgan fingerprint density at radius 3 is 3.00 bits per heavy atom. The summed E-state index contributed by atoms with van der Waals surface area (Å²) in [5.41, 5.74) is 1.02. The molecule has 16 heavy (non-hydrogen) atoms. The number of piperidine rings is 1. The zero-order valence-corrected chi connectivity index (χ0v) is 10.7. The molecule has 1 aliphatic rings. The van der Waals surface area contributed by atoms with Gasteiger partial charge in [0.15, 0.2) is 0 Å². The minimum absolute atomic E-state index is 0.556. The summed E-state index contributed by atoms with van der Waals surface area (Å²) in [7, 11) is 0. The molecule has 1 aromatic rings. The molecule has 0 unspecified atom stereocenters. The third-order valence-corrected chi connectivity index (χ3v) is 3.23. The van der Waals surface area contributed by atoms with E-state index in [0.717, 1.165) is 37.1 Å². The fourth-order valence-electron chi connectivity index (χ4n) is 2.14. The third-order valence-electron chi connectivity index (χ3n) is 3.04.